The number of carbonyl (C=O) groups excluding carboxylic acids is 1. The molecule has 0 aromatic carbocycles. The summed E-state index contributed by atoms with van der Waals surface area (Å²) in [6, 6.07) is 3.97. The van der Waals surface area contributed by atoms with Crippen molar-refractivity contribution in [2.75, 3.05) is 33.7 Å². The molecule has 1 aromatic heterocycles. The van der Waals surface area contributed by atoms with Gasteiger partial charge in [-0.1, -0.05) is 11.6 Å². The van der Waals surface area contributed by atoms with Crippen LogP contribution in [0.2, 0.25) is 5.02 Å². The Hall–Kier alpha value is -1.17. The molecule has 1 amide bonds. The van der Waals surface area contributed by atoms with E-state index in [4.69, 9.17) is 11.6 Å². The minimum Gasteiger partial charge on any atom is -0.344 e. The third-order valence-corrected chi connectivity index (χ3v) is 4.76. The van der Waals surface area contributed by atoms with Crippen LogP contribution in [0.5, 0.6) is 0 Å². The summed E-state index contributed by atoms with van der Waals surface area (Å²) in [5.74, 6) is -0.185. The molecule has 1 N–H and O–H groups in total. The summed E-state index contributed by atoms with van der Waals surface area (Å²) in [7, 11) is 4.08. The van der Waals surface area contributed by atoms with E-state index in [0.29, 0.717) is 16.8 Å². The second-order valence-corrected chi connectivity index (χ2v) is 7.34. The zero-order valence-corrected chi connectivity index (χ0v) is 15.2. The van der Waals surface area contributed by atoms with Crippen LogP contribution in [-0.4, -0.2) is 66.0 Å². The van der Waals surface area contributed by atoms with Gasteiger partial charge in [-0.3, -0.25) is 4.79 Å². The SMILES string of the molecule is CC(C)N1CCC(CN(C)C)(NC(=O)c2ncccc2Cl)CC1. The number of likely N-dealkylation sites (N-methyl/N-ethyl adjacent to an activating group) is 1. The van der Waals surface area contributed by atoms with Gasteiger partial charge >= 0.3 is 0 Å². The highest BCUT2D eigenvalue weighted by Gasteiger charge is 2.37. The Morgan fingerprint density at radius 2 is 2.09 bits per heavy atom. The zero-order chi connectivity index (χ0) is 17.0. The number of pyridine rings is 1. The van der Waals surface area contributed by atoms with Gasteiger partial charge in [-0.2, -0.15) is 0 Å². The summed E-state index contributed by atoms with van der Waals surface area (Å²) in [6.45, 7) is 7.22. The largest absolute Gasteiger partial charge is 0.344 e. The van der Waals surface area contributed by atoms with Gasteiger partial charge in [-0.15, -0.1) is 0 Å². The first-order valence-electron chi connectivity index (χ1n) is 8.15. The van der Waals surface area contributed by atoms with E-state index >= 15 is 0 Å². The van der Waals surface area contributed by atoms with Gasteiger partial charge in [0.2, 0.25) is 0 Å². The molecule has 5 nitrogen and oxygen atoms in total. The van der Waals surface area contributed by atoms with Gasteiger partial charge in [-0.05, 0) is 52.9 Å². The molecule has 2 heterocycles. The molecule has 0 spiro atoms. The first-order chi connectivity index (χ1) is 10.8. The first-order valence-corrected chi connectivity index (χ1v) is 8.52. The highest BCUT2D eigenvalue weighted by molar-refractivity contribution is 6.33. The summed E-state index contributed by atoms with van der Waals surface area (Å²) < 4.78 is 0. The number of halogens is 1. The van der Waals surface area contributed by atoms with E-state index in [1.54, 1.807) is 18.3 Å². The number of aromatic nitrogens is 1. The molecule has 0 atom stereocenters. The zero-order valence-electron chi connectivity index (χ0n) is 14.5. The number of amides is 1. The lowest BCUT2D eigenvalue weighted by molar-refractivity contribution is 0.0689. The van der Waals surface area contributed by atoms with Crippen LogP contribution >= 0.6 is 11.6 Å². The molecule has 1 saturated heterocycles. The minimum atomic E-state index is -0.229. The Morgan fingerprint density at radius 3 is 2.61 bits per heavy atom. The lowest BCUT2D eigenvalue weighted by atomic mass is 9.86. The first kappa shape index (κ1) is 18.2. The Kier molecular flexibility index (Phi) is 6.00. The summed E-state index contributed by atoms with van der Waals surface area (Å²) in [5, 5.41) is 3.62. The van der Waals surface area contributed by atoms with Crippen molar-refractivity contribution < 1.29 is 4.79 Å². The second kappa shape index (κ2) is 7.60. The number of hydrogen-bond acceptors (Lipinski definition) is 4. The van der Waals surface area contributed by atoms with E-state index < -0.39 is 0 Å². The molecule has 1 aliphatic rings. The molecule has 0 aliphatic carbocycles. The molecule has 2 rings (SSSR count). The Labute approximate surface area is 144 Å². The topological polar surface area (TPSA) is 48.5 Å². The van der Waals surface area contributed by atoms with Gasteiger partial charge in [0.1, 0.15) is 5.69 Å². The quantitative estimate of drug-likeness (QED) is 0.894. The number of likely N-dealkylation sites (tertiary alicyclic amines) is 1. The molecule has 0 unspecified atom stereocenters. The third kappa shape index (κ3) is 4.66. The molecule has 0 bridgehead atoms. The monoisotopic (exact) mass is 338 g/mol. The maximum atomic E-state index is 12.6. The van der Waals surface area contributed by atoms with E-state index in [-0.39, 0.29) is 11.4 Å². The van der Waals surface area contributed by atoms with Crippen LogP contribution in [0.25, 0.3) is 0 Å². The Bertz CT molecular complexity index is 539. The number of nitrogens with zero attached hydrogens (tertiary/aromatic N) is 3. The maximum absolute atomic E-state index is 12.6. The van der Waals surface area contributed by atoms with Gasteiger partial charge in [0.25, 0.3) is 5.91 Å². The summed E-state index contributed by atoms with van der Waals surface area (Å²) >= 11 is 6.11. The predicted octanol–water partition coefficient (Wildman–Crippen LogP) is 2.27. The molecule has 6 heteroatoms. The predicted molar refractivity (Wildman–Crippen MR) is 93.9 cm³/mol. The van der Waals surface area contributed by atoms with Gasteiger partial charge < -0.3 is 15.1 Å². The molecule has 1 fully saturated rings. The second-order valence-electron chi connectivity index (χ2n) is 6.94. The fourth-order valence-corrected chi connectivity index (χ4v) is 3.46. The van der Waals surface area contributed by atoms with Crippen LogP contribution < -0.4 is 5.32 Å². The highest BCUT2D eigenvalue weighted by Crippen LogP contribution is 2.25. The molecular formula is C17H27ClN4O. The summed E-state index contributed by atoms with van der Waals surface area (Å²) in [4.78, 5) is 21.4. The number of nitrogens with one attached hydrogen (secondary N) is 1. The van der Waals surface area contributed by atoms with E-state index in [2.05, 4.69) is 33.9 Å². The molecule has 0 radical (unpaired) electrons. The van der Waals surface area contributed by atoms with E-state index in [1.807, 2.05) is 14.1 Å². The lowest BCUT2D eigenvalue weighted by Gasteiger charge is -2.45. The third-order valence-electron chi connectivity index (χ3n) is 4.46. The fourth-order valence-electron chi connectivity index (χ4n) is 3.25. The van der Waals surface area contributed by atoms with Gasteiger partial charge in [0, 0.05) is 31.9 Å². The van der Waals surface area contributed by atoms with Crippen LogP contribution in [0.3, 0.4) is 0 Å². The smallest absolute Gasteiger partial charge is 0.271 e. The average Bonchev–Trinajstić information content (AvgIpc) is 2.47. The molecule has 128 valence electrons. The van der Waals surface area contributed by atoms with E-state index in [9.17, 15) is 4.79 Å². The fraction of sp³-hybridized carbons (Fsp3) is 0.647. The van der Waals surface area contributed by atoms with Crippen molar-refractivity contribution in [2.45, 2.75) is 38.3 Å². The van der Waals surface area contributed by atoms with E-state index in [0.717, 1.165) is 32.5 Å². The Balaban J connectivity index is 2.13. The van der Waals surface area contributed by atoms with Crippen LogP contribution in [0.1, 0.15) is 37.2 Å². The average molecular weight is 339 g/mol. The Morgan fingerprint density at radius 1 is 1.43 bits per heavy atom. The lowest BCUT2D eigenvalue weighted by Crippen LogP contribution is -2.60. The molecular weight excluding hydrogens is 312 g/mol. The van der Waals surface area contributed by atoms with Crippen molar-refractivity contribution in [2.24, 2.45) is 0 Å². The van der Waals surface area contributed by atoms with Crippen molar-refractivity contribution in [3.05, 3.63) is 29.0 Å². The molecule has 0 saturated carbocycles. The molecule has 1 aromatic rings. The van der Waals surface area contributed by atoms with Gasteiger partial charge in [-0.25, -0.2) is 4.98 Å². The summed E-state index contributed by atoms with van der Waals surface area (Å²) in [6.07, 6.45) is 3.46. The van der Waals surface area contributed by atoms with Gasteiger partial charge in [0.05, 0.1) is 10.6 Å². The van der Waals surface area contributed by atoms with Crippen molar-refractivity contribution in [1.82, 2.24) is 20.1 Å². The molecule has 1 aliphatic heterocycles. The minimum absolute atomic E-state index is 0.185. The van der Waals surface area contributed by atoms with Crippen LogP contribution in [-0.2, 0) is 0 Å². The van der Waals surface area contributed by atoms with Crippen LogP contribution in [0.4, 0.5) is 0 Å². The van der Waals surface area contributed by atoms with Crippen molar-refractivity contribution in [1.29, 1.82) is 0 Å². The molecule has 23 heavy (non-hydrogen) atoms. The summed E-state index contributed by atoms with van der Waals surface area (Å²) in [5.41, 5.74) is 0.0749. The highest BCUT2D eigenvalue weighted by atomic mass is 35.5. The van der Waals surface area contributed by atoms with Crippen molar-refractivity contribution >= 4 is 17.5 Å². The number of rotatable bonds is 5. The van der Waals surface area contributed by atoms with Crippen LogP contribution in [0, 0.1) is 0 Å². The number of hydrogen-bond donors (Lipinski definition) is 1. The number of carbonyl (C=O) groups is 1. The normalized spacial score (nSPS) is 18.4. The number of piperidine rings is 1. The van der Waals surface area contributed by atoms with Crippen molar-refractivity contribution in [3.63, 3.8) is 0 Å². The standard InChI is InChI=1S/C17H27ClN4O/c1-13(2)22-10-7-17(8-11-22,12-21(3)4)20-16(23)15-14(18)6-5-9-19-15/h5-6,9,13H,7-8,10-12H2,1-4H3,(H,20,23). The maximum Gasteiger partial charge on any atom is 0.271 e. The van der Waals surface area contributed by atoms with E-state index in [1.165, 1.54) is 0 Å². The van der Waals surface area contributed by atoms with Gasteiger partial charge in [0.15, 0.2) is 0 Å². The van der Waals surface area contributed by atoms with Crippen LogP contribution in [0.15, 0.2) is 18.3 Å². The van der Waals surface area contributed by atoms with Crippen molar-refractivity contribution in [3.8, 4) is 0 Å².